The predicted octanol–water partition coefficient (Wildman–Crippen LogP) is 3.98. The number of hydrogen-bond donors (Lipinski definition) is 1. The number of carbonyl (C=O) groups is 1. The van der Waals surface area contributed by atoms with Gasteiger partial charge in [0.25, 0.3) is 5.91 Å². The van der Waals surface area contributed by atoms with E-state index in [9.17, 15) is 9.18 Å². The van der Waals surface area contributed by atoms with E-state index in [1.165, 1.54) is 6.07 Å². The van der Waals surface area contributed by atoms with Gasteiger partial charge >= 0.3 is 0 Å². The molecule has 29 heavy (non-hydrogen) atoms. The fourth-order valence-corrected chi connectivity index (χ4v) is 3.37. The number of carbonyl (C=O) groups excluding carboxylic acids is 1. The highest BCUT2D eigenvalue weighted by atomic mass is 35.5. The largest absolute Gasteiger partial charge is 0.338 e. The van der Waals surface area contributed by atoms with Gasteiger partial charge in [0.1, 0.15) is 11.6 Å². The van der Waals surface area contributed by atoms with Gasteiger partial charge < -0.3 is 15.1 Å². The molecule has 3 aromatic rings. The fraction of sp³-hybridized carbons (Fsp3) is 0.190. The van der Waals surface area contributed by atoms with Gasteiger partial charge in [-0.2, -0.15) is 4.98 Å². The molecule has 6 nitrogen and oxygen atoms in total. The van der Waals surface area contributed by atoms with Crippen LogP contribution in [0.5, 0.6) is 0 Å². The van der Waals surface area contributed by atoms with E-state index in [0.717, 1.165) is 0 Å². The normalized spacial score (nSPS) is 14.0. The first kappa shape index (κ1) is 19.1. The standard InChI is InChI=1S/C21H19ClFN5O/c22-16-5-3-4-15(14-16)20(29)27-10-12-28(13-11-27)21-24-9-8-19(26-21)25-18-7-2-1-6-17(18)23/h1-9,14H,10-13H2,(H,24,25,26). The van der Waals surface area contributed by atoms with Crippen molar-refractivity contribution in [1.82, 2.24) is 14.9 Å². The van der Waals surface area contributed by atoms with Crippen molar-refractivity contribution in [3.63, 3.8) is 0 Å². The number of hydrogen-bond acceptors (Lipinski definition) is 5. The summed E-state index contributed by atoms with van der Waals surface area (Å²) in [5, 5.41) is 3.52. The number of benzene rings is 2. The second-order valence-corrected chi connectivity index (χ2v) is 7.07. The first-order valence-electron chi connectivity index (χ1n) is 9.24. The van der Waals surface area contributed by atoms with Gasteiger partial charge in [0, 0.05) is 43.0 Å². The molecule has 1 aromatic heterocycles. The predicted molar refractivity (Wildman–Crippen MR) is 111 cm³/mol. The Balaban J connectivity index is 1.41. The SMILES string of the molecule is O=C(c1cccc(Cl)c1)N1CCN(c2nccc(Nc3ccccc3F)n2)CC1. The van der Waals surface area contributed by atoms with E-state index >= 15 is 0 Å². The summed E-state index contributed by atoms with van der Waals surface area (Å²) in [7, 11) is 0. The van der Waals surface area contributed by atoms with E-state index in [1.807, 2.05) is 4.90 Å². The van der Waals surface area contributed by atoms with E-state index in [-0.39, 0.29) is 11.7 Å². The average molecular weight is 412 g/mol. The number of nitrogens with one attached hydrogen (secondary N) is 1. The molecule has 1 amide bonds. The quantitative estimate of drug-likeness (QED) is 0.703. The van der Waals surface area contributed by atoms with Crippen LogP contribution in [-0.2, 0) is 0 Å². The zero-order valence-electron chi connectivity index (χ0n) is 15.6. The van der Waals surface area contributed by atoms with Crippen LogP contribution in [0, 0.1) is 5.82 Å². The smallest absolute Gasteiger partial charge is 0.254 e. The zero-order chi connectivity index (χ0) is 20.2. The maximum Gasteiger partial charge on any atom is 0.254 e. The number of piperazine rings is 1. The molecule has 148 valence electrons. The molecular weight excluding hydrogens is 393 g/mol. The van der Waals surface area contributed by atoms with Crippen LogP contribution in [0.2, 0.25) is 5.02 Å². The number of aromatic nitrogens is 2. The molecule has 1 aliphatic heterocycles. The van der Waals surface area contributed by atoms with Gasteiger partial charge in [-0.1, -0.05) is 29.8 Å². The van der Waals surface area contributed by atoms with Crippen LogP contribution in [0.15, 0.2) is 60.8 Å². The van der Waals surface area contributed by atoms with Crippen molar-refractivity contribution in [3.8, 4) is 0 Å². The van der Waals surface area contributed by atoms with Crippen LogP contribution < -0.4 is 10.2 Å². The number of para-hydroxylation sites is 1. The summed E-state index contributed by atoms with van der Waals surface area (Å²) >= 11 is 5.99. The second kappa shape index (κ2) is 8.45. The molecule has 0 aliphatic carbocycles. The van der Waals surface area contributed by atoms with Gasteiger partial charge in [-0.15, -0.1) is 0 Å². The first-order valence-corrected chi connectivity index (χ1v) is 9.62. The van der Waals surface area contributed by atoms with Gasteiger partial charge in [-0.25, -0.2) is 9.37 Å². The third kappa shape index (κ3) is 4.46. The molecule has 1 saturated heterocycles. The molecule has 0 atom stereocenters. The van der Waals surface area contributed by atoms with Gasteiger partial charge in [-0.05, 0) is 36.4 Å². The summed E-state index contributed by atoms with van der Waals surface area (Å²) in [6, 6.07) is 15.1. The number of nitrogens with zero attached hydrogens (tertiary/aromatic N) is 4. The van der Waals surface area contributed by atoms with Crippen LogP contribution in [0.25, 0.3) is 0 Å². The molecule has 1 N–H and O–H groups in total. The van der Waals surface area contributed by atoms with E-state index < -0.39 is 0 Å². The molecule has 2 aromatic carbocycles. The summed E-state index contributed by atoms with van der Waals surface area (Å²) in [5.74, 6) is 0.669. The lowest BCUT2D eigenvalue weighted by atomic mass is 10.2. The maximum atomic E-state index is 13.9. The molecule has 1 aliphatic rings. The molecule has 0 bridgehead atoms. The summed E-state index contributed by atoms with van der Waals surface area (Å²) in [4.78, 5) is 25.3. The molecule has 0 spiro atoms. The Labute approximate surface area is 173 Å². The van der Waals surface area contributed by atoms with E-state index in [4.69, 9.17) is 11.6 Å². The van der Waals surface area contributed by atoms with Crippen molar-refractivity contribution in [2.24, 2.45) is 0 Å². The molecule has 0 saturated carbocycles. The van der Waals surface area contributed by atoms with Crippen molar-refractivity contribution >= 4 is 35.0 Å². The number of amides is 1. The highest BCUT2D eigenvalue weighted by molar-refractivity contribution is 6.30. The lowest BCUT2D eigenvalue weighted by Gasteiger charge is -2.34. The Morgan fingerprint density at radius 1 is 1.03 bits per heavy atom. The molecule has 4 rings (SSSR count). The lowest BCUT2D eigenvalue weighted by Crippen LogP contribution is -2.49. The summed E-state index contributed by atoms with van der Waals surface area (Å²) in [6.07, 6.45) is 1.63. The summed E-state index contributed by atoms with van der Waals surface area (Å²) in [5.41, 5.74) is 0.937. The van der Waals surface area contributed by atoms with Crippen LogP contribution >= 0.6 is 11.6 Å². The van der Waals surface area contributed by atoms with Gasteiger partial charge in [0.05, 0.1) is 5.69 Å². The number of halogens is 2. The average Bonchev–Trinajstić information content (AvgIpc) is 2.75. The van der Waals surface area contributed by atoms with Crippen LogP contribution in [0.3, 0.4) is 0 Å². The van der Waals surface area contributed by atoms with Crippen molar-refractivity contribution in [1.29, 1.82) is 0 Å². The van der Waals surface area contributed by atoms with Gasteiger partial charge in [-0.3, -0.25) is 4.79 Å². The highest BCUT2D eigenvalue weighted by Gasteiger charge is 2.23. The third-order valence-electron chi connectivity index (χ3n) is 4.70. The van der Waals surface area contributed by atoms with Crippen molar-refractivity contribution in [3.05, 3.63) is 77.2 Å². The van der Waals surface area contributed by atoms with Gasteiger partial charge in [0.15, 0.2) is 0 Å². The Hall–Kier alpha value is -3.19. The lowest BCUT2D eigenvalue weighted by molar-refractivity contribution is 0.0746. The first-order chi connectivity index (χ1) is 14.1. The number of rotatable bonds is 4. The van der Waals surface area contributed by atoms with E-state index in [0.29, 0.717) is 54.2 Å². The monoisotopic (exact) mass is 411 g/mol. The zero-order valence-corrected chi connectivity index (χ0v) is 16.3. The topological polar surface area (TPSA) is 61.4 Å². The Morgan fingerprint density at radius 2 is 1.83 bits per heavy atom. The Kier molecular flexibility index (Phi) is 5.57. The molecule has 1 fully saturated rings. The molecule has 8 heteroatoms. The summed E-state index contributed by atoms with van der Waals surface area (Å²) in [6.45, 7) is 2.32. The molecular formula is C21H19ClFN5O. The van der Waals surface area contributed by atoms with Crippen LogP contribution in [0.1, 0.15) is 10.4 Å². The van der Waals surface area contributed by atoms with Crippen LogP contribution in [0.4, 0.5) is 21.8 Å². The minimum atomic E-state index is -0.346. The fourth-order valence-electron chi connectivity index (χ4n) is 3.18. The van der Waals surface area contributed by atoms with Crippen molar-refractivity contribution < 1.29 is 9.18 Å². The van der Waals surface area contributed by atoms with Crippen molar-refractivity contribution in [2.75, 3.05) is 36.4 Å². The number of anilines is 3. The Bertz CT molecular complexity index is 1020. The minimum Gasteiger partial charge on any atom is -0.338 e. The minimum absolute atomic E-state index is 0.0389. The highest BCUT2D eigenvalue weighted by Crippen LogP contribution is 2.20. The van der Waals surface area contributed by atoms with E-state index in [2.05, 4.69) is 15.3 Å². The molecule has 0 radical (unpaired) electrons. The molecule has 2 heterocycles. The second-order valence-electron chi connectivity index (χ2n) is 6.64. The Morgan fingerprint density at radius 3 is 2.59 bits per heavy atom. The maximum absolute atomic E-state index is 13.9. The van der Waals surface area contributed by atoms with Crippen molar-refractivity contribution in [2.45, 2.75) is 0 Å². The summed E-state index contributed by atoms with van der Waals surface area (Å²) < 4.78 is 13.9. The van der Waals surface area contributed by atoms with Gasteiger partial charge in [0.2, 0.25) is 5.95 Å². The molecule has 0 unspecified atom stereocenters. The third-order valence-corrected chi connectivity index (χ3v) is 4.94. The van der Waals surface area contributed by atoms with Crippen LogP contribution in [-0.4, -0.2) is 47.0 Å². The van der Waals surface area contributed by atoms with E-state index in [1.54, 1.807) is 59.6 Å².